The number of nitriles is 1. The molecule has 2 aliphatic carbocycles. The summed E-state index contributed by atoms with van der Waals surface area (Å²) in [7, 11) is 2.17. The Bertz CT molecular complexity index is 514. The summed E-state index contributed by atoms with van der Waals surface area (Å²) in [6.45, 7) is 1.86. The Balaban J connectivity index is 1.64. The van der Waals surface area contributed by atoms with Crippen LogP contribution in [0.25, 0.3) is 0 Å². The minimum atomic E-state index is 0.690. The van der Waals surface area contributed by atoms with Gasteiger partial charge in [-0.05, 0) is 50.8 Å². The van der Waals surface area contributed by atoms with E-state index in [1.165, 1.54) is 30.5 Å². The molecule has 4 heteroatoms. The van der Waals surface area contributed by atoms with Crippen LogP contribution in [0.4, 0.5) is 5.82 Å². The van der Waals surface area contributed by atoms with Crippen LogP contribution in [-0.2, 0) is 12.8 Å². The molecule has 3 rings (SSSR count). The van der Waals surface area contributed by atoms with Crippen LogP contribution >= 0.6 is 0 Å². The van der Waals surface area contributed by atoms with Crippen LogP contribution in [0.1, 0.15) is 36.1 Å². The number of nitrogens with zero attached hydrogens (tertiary/aromatic N) is 3. The molecule has 0 saturated heterocycles. The molecule has 1 fully saturated rings. The van der Waals surface area contributed by atoms with Gasteiger partial charge in [0, 0.05) is 24.8 Å². The van der Waals surface area contributed by atoms with Crippen LogP contribution in [0, 0.1) is 11.3 Å². The summed E-state index contributed by atoms with van der Waals surface area (Å²) in [5.41, 5.74) is 3.13. The molecular formula is C15H20N4. The number of pyridine rings is 1. The monoisotopic (exact) mass is 256 g/mol. The molecule has 1 aromatic heterocycles. The topological polar surface area (TPSA) is 52.0 Å². The number of hydrogen-bond acceptors (Lipinski definition) is 4. The average molecular weight is 256 g/mol. The lowest BCUT2D eigenvalue weighted by Gasteiger charge is -2.16. The van der Waals surface area contributed by atoms with Gasteiger partial charge in [-0.2, -0.15) is 5.26 Å². The minimum absolute atomic E-state index is 0.690. The van der Waals surface area contributed by atoms with Crippen molar-refractivity contribution >= 4 is 5.82 Å². The quantitative estimate of drug-likeness (QED) is 0.875. The molecule has 1 heterocycles. The summed E-state index contributed by atoms with van der Waals surface area (Å²) < 4.78 is 0. The van der Waals surface area contributed by atoms with Crippen molar-refractivity contribution in [3.8, 4) is 6.07 Å². The van der Waals surface area contributed by atoms with E-state index >= 15 is 0 Å². The Morgan fingerprint density at radius 1 is 1.47 bits per heavy atom. The molecule has 0 aromatic carbocycles. The van der Waals surface area contributed by atoms with Crippen molar-refractivity contribution in [1.29, 1.82) is 5.26 Å². The van der Waals surface area contributed by atoms with Crippen LogP contribution in [0.2, 0.25) is 0 Å². The molecule has 100 valence electrons. The van der Waals surface area contributed by atoms with Gasteiger partial charge in [0.25, 0.3) is 0 Å². The third-order valence-corrected chi connectivity index (χ3v) is 4.10. The molecule has 2 aliphatic rings. The SMILES string of the molecule is CN(CCNc1nc2c(cc1C#N)CCC2)C1CC1. The summed E-state index contributed by atoms with van der Waals surface area (Å²) in [5.74, 6) is 0.771. The Morgan fingerprint density at radius 2 is 2.32 bits per heavy atom. The van der Waals surface area contributed by atoms with E-state index in [1.54, 1.807) is 0 Å². The fourth-order valence-electron chi connectivity index (χ4n) is 2.74. The highest BCUT2D eigenvalue weighted by atomic mass is 15.2. The van der Waals surface area contributed by atoms with Gasteiger partial charge in [-0.25, -0.2) is 4.98 Å². The Morgan fingerprint density at radius 3 is 3.05 bits per heavy atom. The third-order valence-electron chi connectivity index (χ3n) is 4.10. The van der Waals surface area contributed by atoms with Gasteiger partial charge >= 0.3 is 0 Å². The fourth-order valence-corrected chi connectivity index (χ4v) is 2.74. The molecule has 19 heavy (non-hydrogen) atoms. The number of hydrogen-bond donors (Lipinski definition) is 1. The van der Waals surface area contributed by atoms with Crippen molar-refractivity contribution in [2.24, 2.45) is 0 Å². The first-order chi connectivity index (χ1) is 9.28. The molecule has 0 spiro atoms. The second kappa shape index (κ2) is 5.18. The van der Waals surface area contributed by atoms with Gasteiger partial charge < -0.3 is 10.2 Å². The van der Waals surface area contributed by atoms with Crippen molar-refractivity contribution in [2.45, 2.75) is 38.1 Å². The Kier molecular flexibility index (Phi) is 3.39. The van der Waals surface area contributed by atoms with Crippen LogP contribution in [-0.4, -0.2) is 36.1 Å². The highest BCUT2D eigenvalue weighted by Gasteiger charge is 2.25. The second-order valence-electron chi connectivity index (χ2n) is 5.59. The number of anilines is 1. The van der Waals surface area contributed by atoms with E-state index in [4.69, 9.17) is 0 Å². The maximum atomic E-state index is 9.22. The minimum Gasteiger partial charge on any atom is -0.368 e. The molecule has 0 unspecified atom stereocenters. The van der Waals surface area contributed by atoms with Crippen molar-refractivity contribution in [1.82, 2.24) is 9.88 Å². The van der Waals surface area contributed by atoms with Gasteiger partial charge in [0.05, 0.1) is 5.56 Å². The van der Waals surface area contributed by atoms with Crippen molar-refractivity contribution in [3.05, 3.63) is 22.9 Å². The van der Waals surface area contributed by atoms with Gasteiger partial charge in [-0.1, -0.05) is 0 Å². The summed E-state index contributed by atoms with van der Waals surface area (Å²) in [6, 6.07) is 5.06. The van der Waals surface area contributed by atoms with Crippen molar-refractivity contribution < 1.29 is 0 Å². The van der Waals surface area contributed by atoms with Crippen molar-refractivity contribution in [3.63, 3.8) is 0 Å². The van der Waals surface area contributed by atoms with E-state index < -0.39 is 0 Å². The summed E-state index contributed by atoms with van der Waals surface area (Å²) in [5, 5.41) is 12.5. The standard InChI is InChI=1S/C15H20N4/c1-19(13-5-6-13)8-7-17-15-12(10-16)9-11-3-2-4-14(11)18-15/h9,13H,2-8H2,1H3,(H,17,18). The number of likely N-dealkylation sites (N-methyl/N-ethyl adjacent to an activating group) is 1. The molecule has 1 aromatic rings. The maximum absolute atomic E-state index is 9.22. The normalized spacial score (nSPS) is 17.3. The first kappa shape index (κ1) is 12.4. The Labute approximate surface area is 114 Å². The Hall–Kier alpha value is -1.60. The first-order valence-electron chi connectivity index (χ1n) is 7.15. The smallest absolute Gasteiger partial charge is 0.144 e. The van der Waals surface area contributed by atoms with Gasteiger partial charge in [-0.3, -0.25) is 0 Å². The number of rotatable bonds is 5. The summed E-state index contributed by atoms with van der Waals surface area (Å²) in [4.78, 5) is 7.01. The first-order valence-corrected chi connectivity index (χ1v) is 7.15. The maximum Gasteiger partial charge on any atom is 0.144 e. The lowest BCUT2D eigenvalue weighted by molar-refractivity contribution is 0.337. The fraction of sp³-hybridized carbons (Fsp3) is 0.600. The molecule has 0 radical (unpaired) electrons. The lowest BCUT2D eigenvalue weighted by atomic mass is 10.1. The zero-order chi connectivity index (χ0) is 13.2. The third kappa shape index (κ3) is 2.71. The zero-order valence-electron chi connectivity index (χ0n) is 11.4. The molecule has 0 amide bonds. The predicted molar refractivity (Wildman–Crippen MR) is 75.1 cm³/mol. The van der Waals surface area contributed by atoms with Crippen LogP contribution < -0.4 is 5.32 Å². The molecule has 4 nitrogen and oxygen atoms in total. The van der Waals surface area contributed by atoms with Gasteiger partial charge in [0.2, 0.25) is 0 Å². The zero-order valence-corrected chi connectivity index (χ0v) is 11.4. The second-order valence-corrected chi connectivity index (χ2v) is 5.59. The van der Waals surface area contributed by atoms with E-state index in [0.29, 0.717) is 5.56 Å². The molecule has 0 atom stereocenters. The van der Waals surface area contributed by atoms with Crippen LogP contribution in [0.5, 0.6) is 0 Å². The number of aromatic nitrogens is 1. The van der Waals surface area contributed by atoms with E-state index in [-0.39, 0.29) is 0 Å². The van der Waals surface area contributed by atoms with Gasteiger partial charge in [-0.15, -0.1) is 0 Å². The van der Waals surface area contributed by atoms with Crippen LogP contribution in [0.15, 0.2) is 6.07 Å². The van der Waals surface area contributed by atoms with E-state index in [1.807, 2.05) is 6.07 Å². The molecule has 1 N–H and O–H groups in total. The lowest BCUT2D eigenvalue weighted by Crippen LogP contribution is -2.27. The van der Waals surface area contributed by atoms with Crippen LogP contribution in [0.3, 0.4) is 0 Å². The predicted octanol–water partition coefficient (Wildman–Crippen LogP) is 1.95. The number of fused-ring (bicyclic) bond motifs is 1. The number of aryl methyl sites for hydroxylation is 2. The number of nitrogens with one attached hydrogen (secondary N) is 1. The van der Waals surface area contributed by atoms with Gasteiger partial charge in [0.1, 0.15) is 11.9 Å². The highest BCUT2D eigenvalue weighted by molar-refractivity contribution is 5.55. The average Bonchev–Trinajstić information content (AvgIpc) is 3.17. The van der Waals surface area contributed by atoms with E-state index in [9.17, 15) is 5.26 Å². The summed E-state index contributed by atoms with van der Waals surface area (Å²) in [6.07, 6.45) is 5.95. The largest absolute Gasteiger partial charge is 0.368 e. The molecule has 1 saturated carbocycles. The van der Waals surface area contributed by atoms with Crippen molar-refractivity contribution in [2.75, 3.05) is 25.5 Å². The molecular weight excluding hydrogens is 236 g/mol. The molecule has 0 aliphatic heterocycles. The molecule has 0 bridgehead atoms. The van der Waals surface area contributed by atoms with E-state index in [0.717, 1.165) is 37.8 Å². The highest BCUT2D eigenvalue weighted by Crippen LogP contribution is 2.26. The van der Waals surface area contributed by atoms with Gasteiger partial charge in [0.15, 0.2) is 0 Å². The summed E-state index contributed by atoms with van der Waals surface area (Å²) >= 11 is 0. The van der Waals surface area contributed by atoms with E-state index in [2.05, 4.69) is 28.3 Å².